The number of H-pyrrole nitrogens is 2. The van der Waals surface area contributed by atoms with Crippen molar-refractivity contribution in [1.29, 1.82) is 0 Å². The van der Waals surface area contributed by atoms with E-state index < -0.39 is 0 Å². The zero-order valence-corrected chi connectivity index (χ0v) is 24.8. The highest BCUT2D eigenvalue weighted by Crippen LogP contribution is 2.34. The van der Waals surface area contributed by atoms with Crippen LogP contribution < -0.4 is 5.43 Å². The summed E-state index contributed by atoms with van der Waals surface area (Å²) < 4.78 is 0. The molecule has 0 unspecified atom stereocenters. The van der Waals surface area contributed by atoms with E-state index in [1.54, 1.807) is 6.20 Å². The number of fused-ring (bicyclic) bond motifs is 7. The summed E-state index contributed by atoms with van der Waals surface area (Å²) in [5, 5.41) is 19.2. The van der Waals surface area contributed by atoms with Gasteiger partial charge in [0.15, 0.2) is 0 Å². The van der Waals surface area contributed by atoms with Gasteiger partial charge in [-0.15, -0.1) is 0 Å². The Hall–Kier alpha value is -4.14. The number of para-hydroxylation sites is 2. The molecular weight excluding hydrogens is 526 g/mol. The summed E-state index contributed by atoms with van der Waals surface area (Å²) in [4.78, 5) is 35.7. The molecule has 1 aliphatic heterocycles. The molecule has 4 N–H and O–H groups in total. The van der Waals surface area contributed by atoms with Crippen molar-refractivity contribution >= 4 is 44.2 Å². The number of hydrogen-bond acceptors (Lipinski definition) is 6. The molecular formula is C34H39N5O3. The summed E-state index contributed by atoms with van der Waals surface area (Å²) in [6.45, 7) is 8.34. The predicted octanol–water partition coefficient (Wildman–Crippen LogP) is 6.11. The van der Waals surface area contributed by atoms with Crippen molar-refractivity contribution in [2.75, 3.05) is 13.2 Å². The van der Waals surface area contributed by atoms with Crippen molar-refractivity contribution in [3.63, 3.8) is 0 Å². The minimum absolute atomic E-state index is 0.0388. The third kappa shape index (κ3) is 5.52. The number of aromatic amines is 2. The van der Waals surface area contributed by atoms with Gasteiger partial charge in [-0.25, -0.2) is 4.98 Å². The molecule has 6 bridgehead atoms. The van der Waals surface area contributed by atoms with Crippen molar-refractivity contribution in [3.05, 3.63) is 86.6 Å². The zero-order chi connectivity index (χ0) is 29.8. The number of allylic oxidation sites excluding steroid dienone is 2. The first-order valence-electron chi connectivity index (χ1n) is 14.8. The number of aromatic nitrogens is 5. The Balaban J connectivity index is 1.98. The number of nitrogens with zero attached hydrogens (tertiary/aromatic N) is 3. The van der Waals surface area contributed by atoms with Gasteiger partial charge < -0.3 is 20.2 Å². The highest BCUT2D eigenvalue weighted by atomic mass is 16.3. The maximum atomic E-state index is 14.2. The third-order valence-electron chi connectivity index (χ3n) is 8.21. The summed E-state index contributed by atoms with van der Waals surface area (Å²) in [5.41, 5.74) is 11.6. The molecule has 8 nitrogen and oxygen atoms in total. The lowest BCUT2D eigenvalue weighted by atomic mass is 9.99. The van der Waals surface area contributed by atoms with Crippen LogP contribution in [-0.2, 0) is 12.8 Å². The van der Waals surface area contributed by atoms with Gasteiger partial charge in [-0.1, -0.05) is 26.0 Å². The number of aliphatic hydroxyl groups is 2. The molecule has 1 aliphatic rings. The molecule has 4 heterocycles. The standard InChI is InChI=1S/C34H39N5O3/c1-5-22-23(6-2)32-34(42)33-25(12-10-16-41)21(4)31(39-33)19-36-27-14-8-7-13-26(27)35-18-30-20(3)24(11-9-15-40)29(37-30)17-28(22)38-32/h7-8,13-14,17-19,37,39-41H,5-6,9-12,15-16H2,1-4H3. The van der Waals surface area contributed by atoms with Gasteiger partial charge in [0.1, 0.15) is 5.69 Å². The summed E-state index contributed by atoms with van der Waals surface area (Å²) in [5.74, 6) is 0. The number of rotatable bonds is 8. The van der Waals surface area contributed by atoms with Gasteiger partial charge in [0.25, 0.3) is 0 Å². The maximum absolute atomic E-state index is 14.2. The summed E-state index contributed by atoms with van der Waals surface area (Å²) >= 11 is 0. The van der Waals surface area contributed by atoms with Gasteiger partial charge in [0.2, 0.25) is 5.43 Å². The molecule has 0 radical (unpaired) electrons. The number of nitrogens with one attached hydrogen (secondary N) is 2. The Morgan fingerprint density at radius 3 is 1.93 bits per heavy atom. The molecule has 4 aromatic rings. The smallest absolute Gasteiger partial charge is 0.228 e. The molecule has 0 amide bonds. The van der Waals surface area contributed by atoms with E-state index in [0.717, 1.165) is 67.6 Å². The molecule has 0 spiro atoms. The highest BCUT2D eigenvalue weighted by molar-refractivity contribution is 5.93. The van der Waals surface area contributed by atoms with Gasteiger partial charge in [-0.3, -0.25) is 14.8 Å². The Kier molecular flexibility index (Phi) is 8.94. The molecule has 1 aromatic carbocycles. The van der Waals surface area contributed by atoms with E-state index in [1.807, 2.05) is 43.5 Å². The van der Waals surface area contributed by atoms with Crippen molar-refractivity contribution in [2.24, 2.45) is 0 Å². The lowest BCUT2D eigenvalue weighted by molar-refractivity contribution is 0.288. The van der Waals surface area contributed by atoms with Crippen LogP contribution in [0.4, 0.5) is 0 Å². The number of aryl methyl sites for hydroxylation is 4. The van der Waals surface area contributed by atoms with E-state index in [9.17, 15) is 15.0 Å². The van der Waals surface area contributed by atoms with Crippen LogP contribution in [-0.4, -0.2) is 48.3 Å². The van der Waals surface area contributed by atoms with E-state index in [4.69, 9.17) is 15.0 Å². The first-order valence-corrected chi connectivity index (χ1v) is 14.8. The molecule has 42 heavy (non-hydrogen) atoms. The van der Waals surface area contributed by atoms with Gasteiger partial charge in [0.05, 0.1) is 45.7 Å². The predicted molar refractivity (Wildman–Crippen MR) is 170 cm³/mol. The van der Waals surface area contributed by atoms with Gasteiger partial charge in [-0.05, 0) is 104 Å². The lowest BCUT2D eigenvalue weighted by Gasteiger charge is -2.03. The van der Waals surface area contributed by atoms with Crippen LogP contribution in [0, 0.1) is 13.8 Å². The molecule has 0 aliphatic carbocycles. The van der Waals surface area contributed by atoms with Crippen LogP contribution in [0.15, 0.2) is 47.5 Å². The number of hydrogen-bond donors (Lipinski definition) is 4. The number of aliphatic hydroxyl groups excluding tert-OH is 2. The second kappa shape index (κ2) is 12.8. The van der Waals surface area contributed by atoms with Crippen LogP contribution in [0.2, 0.25) is 0 Å². The maximum Gasteiger partial charge on any atom is 0.228 e. The number of benzene rings is 1. The largest absolute Gasteiger partial charge is 0.396 e. The average Bonchev–Trinajstić information content (AvgIpc) is 3.62. The van der Waals surface area contributed by atoms with Crippen molar-refractivity contribution in [1.82, 2.24) is 24.9 Å². The molecule has 0 fully saturated rings. The quantitative estimate of drug-likeness (QED) is 0.204. The normalized spacial score (nSPS) is 12.3. The minimum Gasteiger partial charge on any atom is -0.396 e. The van der Waals surface area contributed by atoms with Crippen molar-refractivity contribution < 1.29 is 10.2 Å². The lowest BCUT2D eigenvalue weighted by Crippen LogP contribution is -2.09. The Labute approximate surface area is 245 Å². The molecule has 3 aromatic heterocycles. The molecule has 0 atom stereocenters. The summed E-state index contributed by atoms with van der Waals surface area (Å²) in [6.07, 6.45) is 7.46. The van der Waals surface area contributed by atoms with Crippen LogP contribution in [0.1, 0.15) is 73.2 Å². The minimum atomic E-state index is -0.145. The van der Waals surface area contributed by atoms with Gasteiger partial charge >= 0.3 is 0 Å². The second-order valence-corrected chi connectivity index (χ2v) is 10.7. The topological polar surface area (TPSA) is 128 Å². The van der Waals surface area contributed by atoms with Crippen molar-refractivity contribution in [3.8, 4) is 0 Å². The molecule has 218 valence electrons. The molecule has 0 saturated heterocycles. The molecule has 0 saturated carbocycles. The average molecular weight is 566 g/mol. The Morgan fingerprint density at radius 1 is 0.762 bits per heavy atom. The summed E-state index contributed by atoms with van der Waals surface area (Å²) in [7, 11) is 0. The van der Waals surface area contributed by atoms with Crippen LogP contribution >= 0.6 is 0 Å². The van der Waals surface area contributed by atoms with E-state index in [0.29, 0.717) is 48.8 Å². The third-order valence-corrected chi connectivity index (χ3v) is 8.21. The first kappa shape index (κ1) is 29.4. The zero-order valence-electron chi connectivity index (χ0n) is 24.8. The first-order chi connectivity index (χ1) is 20.4. The second-order valence-electron chi connectivity index (χ2n) is 10.7. The van der Waals surface area contributed by atoms with Crippen LogP contribution in [0.25, 0.3) is 44.2 Å². The van der Waals surface area contributed by atoms with Gasteiger partial charge in [0, 0.05) is 18.7 Å². The van der Waals surface area contributed by atoms with Crippen LogP contribution in [0.3, 0.4) is 0 Å². The summed E-state index contributed by atoms with van der Waals surface area (Å²) in [6, 6.07) is 9.73. The highest BCUT2D eigenvalue weighted by Gasteiger charge is 2.22. The molecule has 8 heteroatoms. The van der Waals surface area contributed by atoms with Crippen LogP contribution in [0.5, 0.6) is 0 Å². The monoisotopic (exact) mass is 565 g/mol. The fourth-order valence-corrected chi connectivity index (χ4v) is 5.90. The van der Waals surface area contributed by atoms with E-state index >= 15 is 0 Å². The fourth-order valence-electron chi connectivity index (χ4n) is 5.90. The Morgan fingerprint density at radius 2 is 1.33 bits per heavy atom. The van der Waals surface area contributed by atoms with Crippen molar-refractivity contribution in [2.45, 2.75) is 66.2 Å². The van der Waals surface area contributed by atoms with E-state index in [2.05, 4.69) is 30.7 Å². The van der Waals surface area contributed by atoms with E-state index in [-0.39, 0.29) is 18.6 Å². The fraction of sp³-hybridized carbons (Fsp3) is 0.353. The molecule has 5 rings (SSSR count). The van der Waals surface area contributed by atoms with E-state index in [1.165, 1.54) is 0 Å². The Bertz CT molecular complexity index is 1880. The SMILES string of the molecule is CCC1=C(CC)c2nc1cc1[nH]c(cnc3ccccc3ncc3[nH]c(c(CCCO)c3C)c2=O)c(C)c1CCCO. The van der Waals surface area contributed by atoms with Gasteiger partial charge in [-0.2, -0.15) is 0 Å².